The quantitative estimate of drug-likeness (QED) is 0.458. The van der Waals surface area contributed by atoms with Crippen molar-refractivity contribution < 1.29 is 14.5 Å². The number of primary amides is 1. The minimum atomic E-state index is -0.883. The van der Waals surface area contributed by atoms with Crippen molar-refractivity contribution in [1.82, 2.24) is 4.90 Å². The Morgan fingerprint density at radius 2 is 2.09 bits per heavy atom. The molecule has 8 heteroatoms. The third-order valence-electron chi connectivity index (χ3n) is 4.08. The Hall–Kier alpha value is -2.19. The van der Waals surface area contributed by atoms with Gasteiger partial charge in [-0.15, -0.1) is 0 Å². The van der Waals surface area contributed by atoms with Crippen molar-refractivity contribution in [3.63, 3.8) is 0 Å². The van der Waals surface area contributed by atoms with Crippen LogP contribution in [0.25, 0.3) is 0 Å². The van der Waals surface area contributed by atoms with Crippen LogP contribution in [-0.4, -0.2) is 47.6 Å². The predicted octanol–water partition coefficient (Wildman–Crippen LogP) is 0.296. The molecule has 0 aliphatic carbocycles. The van der Waals surface area contributed by atoms with Gasteiger partial charge >= 0.3 is 0 Å². The summed E-state index contributed by atoms with van der Waals surface area (Å²) < 4.78 is 5.30. The predicted molar refractivity (Wildman–Crippen MR) is 81.2 cm³/mol. The van der Waals surface area contributed by atoms with Crippen LogP contribution in [0.4, 0.5) is 11.4 Å². The van der Waals surface area contributed by atoms with Crippen LogP contribution in [0, 0.1) is 10.1 Å². The SMILES string of the molecule is CC(Cc1ccc([N+](=O)[O-])c(N)c1)(C(N)=O)N1CCOCC1. The molecular formula is C14H20N4O4. The zero-order chi connectivity index (χ0) is 16.3. The van der Waals surface area contributed by atoms with Crippen LogP contribution in [0.15, 0.2) is 18.2 Å². The smallest absolute Gasteiger partial charge is 0.292 e. The van der Waals surface area contributed by atoms with Gasteiger partial charge in [-0.2, -0.15) is 0 Å². The van der Waals surface area contributed by atoms with Crippen molar-refractivity contribution in [2.45, 2.75) is 18.9 Å². The third kappa shape index (κ3) is 3.18. The largest absolute Gasteiger partial charge is 0.393 e. The van der Waals surface area contributed by atoms with Crippen molar-refractivity contribution in [2.24, 2.45) is 5.73 Å². The Morgan fingerprint density at radius 3 is 2.59 bits per heavy atom. The average molecular weight is 308 g/mol. The number of anilines is 1. The van der Waals surface area contributed by atoms with Gasteiger partial charge < -0.3 is 16.2 Å². The maximum Gasteiger partial charge on any atom is 0.292 e. The molecule has 1 aromatic carbocycles. The van der Waals surface area contributed by atoms with Crippen LogP contribution >= 0.6 is 0 Å². The summed E-state index contributed by atoms with van der Waals surface area (Å²) in [4.78, 5) is 24.2. The van der Waals surface area contributed by atoms with Gasteiger partial charge in [0.2, 0.25) is 5.91 Å². The molecule has 1 fully saturated rings. The maximum atomic E-state index is 12.0. The summed E-state index contributed by atoms with van der Waals surface area (Å²) in [5, 5.41) is 10.8. The van der Waals surface area contributed by atoms with E-state index in [-0.39, 0.29) is 11.4 Å². The van der Waals surface area contributed by atoms with E-state index >= 15 is 0 Å². The highest BCUT2D eigenvalue weighted by molar-refractivity contribution is 5.84. The van der Waals surface area contributed by atoms with Crippen molar-refractivity contribution >= 4 is 17.3 Å². The van der Waals surface area contributed by atoms with Gasteiger partial charge in [0.25, 0.3) is 5.69 Å². The fraction of sp³-hybridized carbons (Fsp3) is 0.500. The number of carbonyl (C=O) groups excluding carboxylic acids is 1. The zero-order valence-electron chi connectivity index (χ0n) is 12.4. The highest BCUT2D eigenvalue weighted by Gasteiger charge is 2.38. The number of ether oxygens (including phenoxy) is 1. The van der Waals surface area contributed by atoms with E-state index < -0.39 is 16.4 Å². The molecule has 2 rings (SSSR count). The van der Waals surface area contributed by atoms with Crippen molar-refractivity contribution in [1.29, 1.82) is 0 Å². The lowest BCUT2D eigenvalue weighted by Gasteiger charge is -2.41. The maximum absolute atomic E-state index is 12.0. The number of nitro groups is 1. The molecule has 8 nitrogen and oxygen atoms in total. The number of hydrogen-bond acceptors (Lipinski definition) is 6. The summed E-state index contributed by atoms with van der Waals surface area (Å²) in [6.45, 7) is 4.10. The summed E-state index contributed by atoms with van der Waals surface area (Å²) in [5.41, 5.74) is 11.1. The van der Waals surface area contributed by atoms with Gasteiger partial charge in [-0.3, -0.25) is 19.8 Å². The van der Waals surface area contributed by atoms with Gasteiger partial charge in [0, 0.05) is 19.2 Å². The van der Waals surface area contributed by atoms with Gasteiger partial charge in [-0.25, -0.2) is 0 Å². The monoisotopic (exact) mass is 308 g/mol. The van der Waals surface area contributed by atoms with E-state index in [1.807, 2.05) is 4.90 Å². The number of morpholine rings is 1. The Bertz CT molecular complexity index is 586. The lowest BCUT2D eigenvalue weighted by atomic mass is 9.89. The Morgan fingerprint density at radius 1 is 1.45 bits per heavy atom. The van der Waals surface area contributed by atoms with Gasteiger partial charge in [-0.1, -0.05) is 6.07 Å². The van der Waals surface area contributed by atoms with E-state index in [0.29, 0.717) is 32.7 Å². The molecule has 1 aromatic rings. The Kier molecular flexibility index (Phi) is 4.62. The minimum Gasteiger partial charge on any atom is -0.393 e. The number of carbonyl (C=O) groups is 1. The molecule has 120 valence electrons. The Labute approximate surface area is 128 Å². The molecule has 0 spiro atoms. The van der Waals surface area contributed by atoms with Crippen LogP contribution in [0.5, 0.6) is 0 Å². The number of nitrogens with zero attached hydrogens (tertiary/aromatic N) is 2. The lowest BCUT2D eigenvalue weighted by Crippen LogP contribution is -2.60. The fourth-order valence-electron chi connectivity index (χ4n) is 2.69. The molecule has 1 amide bonds. The van der Waals surface area contributed by atoms with Gasteiger partial charge in [0.05, 0.1) is 18.1 Å². The second kappa shape index (κ2) is 6.29. The van der Waals surface area contributed by atoms with E-state index in [0.717, 1.165) is 5.56 Å². The highest BCUT2D eigenvalue weighted by atomic mass is 16.6. The molecule has 1 saturated heterocycles. The van der Waals surface area contributed by atoms with Crippen molar-refractivity contribution in [3.05, 3.63) is 33.9 Å². The molecule has 4 N–H and O–H groups in total. The Balaban J connectivity index is 2.26. The molecule has 0 saturated carbocycles. The lowest BCUT2D eigenvalue weighted by molar-refractivity contribution is -0.383. The van der Waals surface area contributed by atoms with E-state index in [9.17, 15) is 14.9 Å². The molecule has 1 aliphatic heterocycles. The minimum absolute atomic E-state index is 0.0799. The molecule has 1 unspecified atom stereocenters. The second-order valence-corrected chi connectivity index (χ2v) is 5.56. The first-order valence-electron chi connectivity index (χ1n) is 7.00. The number of amides is 1. The van der Waals surface area contributed by atoms with Gasteiger partial charge in [0.1, 0.15) is 11.2 Å². The first kappa shape index (κ1) is 16.2. The van der Waals surface area contributed by atoms with Crippen LogP contribution in [0.1, 0.15) is 12.5 Å². The van der Waals surface area contributed by atoms with Crippen LogP contribution in [0.3, 0.4) is 0 Å². The normalized spacial score (nSPS) is 18.6. The number of nitrogen functional groups attached to an aromatic ring is 1. The number of hydrogen-bond donors (Lipinski definition) is 2. The number of nitrogens with two attached hydrogens (primary N) is 2. The molecule has 0 aromatic heterocycles. The number of rotatable bonds is 5. The highest BCUT2D eigenvalue weighted by Crippen LogP contribution is 2.27. The number of benzene rings is 1. The fourth-order valence-corrected chi connectivity index (χ4v) is 2.69. The molecule has 0 bridgehead atoms. The summed E-state index contributed by atoms with van der Waals surface area (Å²) in [7, 11) is 0. The summed E-state index contributed by atoms with van der Waals surface area (Å²) in [6.07, 6.45) is 0.338. The molecule has 0 radical (unpaired) electrons. The molecule has 1 heterocycles. The second-order valence-electron chi connectivity index (χ2n) is 5.56. The van der Waals surface area contributed by atoms with Crippen LogP contribution in [-0.2, 0) is 16.0 Å². The molecule has 1 atom stereocenters. The average Bonchev–Trinajstić information content (AvgIpc) is 2.47. The molecule has 22 heavy (non-hydrogen) atoms. The zero-order valence-corrected chi connectivity index (χ0v) is 12.4. The standard InChI is InChI=1S/C14H20N4O4/c1-14(13(16)19,17-4-6-22-7-5-17)9-10-2-3-12(18(20)21)11(15)8-10/h2-3,8H,4-7,9,15H2,1H3,(H2,16,19). The molecular weight excluding hydrogens is 288 g/mol. The van der Waals surface area contributed by atoms with Crippen LogP contribution < -0.4 is 11.5 Å². The number of nitro benzene ring substituents is 1. The van der Waals surface area contributed by atoms with E-state index in [4.69, 9.17) is 16.2 Å². The molecule has 1 aliphatic rings. The summed E-state index contributed by atoms with van der Waals surface area (Å²) in [5.74, 6) is -0.439. The first-order valence-corrected chi connectivity index (χ1v) is 7.00. The third-order valence-corrected chi connectivity index (χ3v) is 4.08. The van der Waals surface area contributed by atoms with Crippen molar-refractivity contribution in [2.75, 3.05) is 32.0 Å². The summed E-state index contributed by atoms with van der Waals surface area (Å²) in [6, 6.07) is 4.49. The van der Waals surface area contributed by atoms with Crippen molar-refractivity contribution in [3.8, 4) is 0 Å². The van der Waals surface area contributed by atoms with E-state index in [1.54, 1.807) is 13.0 Å². The van der Waals surface area contributed by atoms with Crippen LogP contribution in [0.2, 0.25) is 0 Å². The van der Waals surface area contributed by atoms with Gasteiger partial charge in [0.15, 0.2) is 0 Å². The summed E-state index contributed by atoms with van der Waals surface area (Å²) >= 11 is 0. The van der Waals surface area contributed by atoms with E-state index in [1.165, 1.54) is 12.1 Å². The topological polar surface area (TPSA) is 125 Å². The van der Waals surface area contributed by atoms with E-state index in [2.05, 4.69) is 0 Å². The first-order chi connectivity index (χ1) is 10.3. The van der Waals surface area contributed by atoms with Gasteiger partial charge in [-0.05, 0) is 25.0 Å².